The van der Waals surface area contributed by atoms with E-state index in [1.54, 1.807) is 6.92 Å². The molecule has 84 valence electrons. The Kier molecular flexibility index (Phi) is 1.57. The zero-order chi connectivity index (χ0) is 13.6. The Morgan fingerprint density at radius 3 is 3.18 bits per heavy atom. The van der Waals surface area contributed by atoms with Gasteiger partial charge in [-0.15, -0.1) is 10.2 Å². The molecule has 0 aliphatic carbocycles. The number of rotatable bonds is 1. The first kappa shape index (κ1) is 7.66. The van der Waals surface area contributed by atoms with Crippen molar-refractivity contribution >= 4 is 5.65 Å². The van der Waals surface area contributed by atoms with Crippen LogP contribution in [-0.2, 0) is 0 Å². The van der Waals surface area contributed by atoms with Crippen molar-refractivity contribution in [3.05, 3.63) is 40.4 Å². The van der Waals surface area contributed by atoms with Crippen LogP contribution >= 0.6 is 0 Å². The zero-order valence-electron chi connectivity index (χ0n) is 10.8. The van der Waals surface area contributed by atoms with Crippen molar-refractivity contribution in [1.29, 1.82) is 0 Å². The quantitative estimate of drug-likeness (QED) is 0.644. The second kappa shape index (κ2) is 3.48. The first-order chi connectivity index (χ1) is 9.09. The van der Waals surface area contributed by atoms with Crippen molar-refractivity contribution < 1.29 is 2.74 Å². The highest BCUT2D eigenvalue weighted by Gasteiger charge is 2.11. The molecule has 0 saturated heterocycles. The third-order valence-electron chi connectivity index (χ3n) is 2.37. The number of tetrazole rings is 1. The summed E-state index contributed by atoms with van der Waals surface area (Å²) >= 11 is 0. The molecule has 0 fully saturated rings. The minimum atomic E-state index is -0.459. The van der Waals surface area contributed by atoms with Crippen molar-refractivity contribution in [2.24, 2.45) is 0 Å². The summed E-state index contributed by atoms with van der Waals surface area (Å²) in [6, 6.07) is 1.47. The third-order valence-corrected chi connectivity index (χ3v) is 2.37. The lowest BCUT2D eigenvalue weighted by molar-refractivity contribution is 0.881. The molecule has 3 aromatic rings. The van der Waals surface area contributed by atoms with Gasteiger partial charge < -0.3 is 0 Å². The van der Waals surface area contributed by atoms with E-state index in [9.17, 15) is 4.79 Å². The average molecular weight is 230 g/mol. The molecule has 17 heavy (non-hydrogen) atoms. The van der Waals surface area contributed by atoms with E-state index >= 15 is 0 Å². The molecule has 0 saturated carbocycles. The SMILES string of the molecule is [2H]c1cc([2H])n2c(=O)c(-c3nn[nH]n3)cnc2c1C. The van der Waals surface area contributed by atoms with Gasteiger partial charge in [-0.05, 0) is 23.8 Å². The van der Waals surface area contributed by atoms with E-state index in [1.165, 1.54) is 12.3 Å². The van der Waals surface area contributed by atoms with Crippen molar-refractivity contribution in [2.45, 2.75) is 6.92 Å². The van der Waals surface area contributed by atoms with Gasteiger partial charge in [-0.25, -0.2) is 4.98 Å². The van der Waals surface area contributed by atoms with Gasteiger partial charge in [-0.1, -0.05) is 6.04 Å². The van der Waals surface area contributed by atoms with Gasteiger partial charge in [-0.2, -0.15) is 5.21 Å². The Morgan fingerprint density at radius 2 is 2.41 bits per heavy atom. The van der Waals surface area contributed by atoms with Crippen molar-refractivity contribution in [3.8, 4) is 11.4 Å². The lowest BCUT2D eigenvalue weighted by atomic mass is 10.2. The Morgan fingerprint density at radius 1 is 1.53 bits per heavy atom. The van der Waals surface area contributed by atoms with Gasteiger partial charge in [0.15, 0.2) is 0 Å². The summed E-state index contributed by atoms with van der Waals surface area (Å²) in [5.41, 5.74) is 0.513. The molecule has 7 nitrogen and oxygen atoms in total. The number of H-pyrrole nitrogens is 1. The number of hydrogen-bond acceptors (Lipinski definition) is 5. The van der Waals surface area contributed by atoms with Crippen molar-refractivity contribution in [1.82, 2.24) is 30.0 Å². The Bertz CT molecular complexity index is 826. The number of nitrogens with one attached hydrogen (secondary N) is 1. The van der Waals surface area contributed by atoms with Gasteiger partial charge in [0.25, 0.3) is 5.56 Å². The first-order valence-corrected chi connectivity index (χ1v) is 4.82. The number of pyridine rings is 1. The fraction of sp³-hybridized carbons (Fsp3) is 0.100. The highest BCUT2D eigenvalue weighted by atomic mass is 16.1. The van der Waals surface area contributed by atoms with E-state index in [2.05, 4.69) is 25.6 Å². The maximum absolute atomic E-state index is 12.3. The number of nitrogens with zero attached hydrogens (tertiary/aromatic N) is 5. The lowest BCUT2D eigenvalue weighted by Gasteiger charge is -2.03. The van der Waals surface area contributed by atoms with Gasteiger partial charge in [0.2, 0.25) is 5.82 Å². The molecule has 0 amide bonds. The minimum Gasteiger partial charge on any atom is -0.268 e. The van der Waals surface area contributed by atoms with E-state index < -0.39 is 5.56 Å². The summed E-state index contributed by atoms with van der Waals surface area (Å²) in [5.74, 6) is 0.124. The standard InChI is InChI=1S/C10H8N6O/c1-6-3-2-4-16-9(6)11-5-7(10(16)17)8-12-14-15-13-8/h2-5H,1H3,(H,12,13,14,15)/i3D,4D. The summed E-state index contributed by atoms with van der Waals surface area (Å²) < 4.78 is 16.6. The van der Waals surface area contributed by atoms with Crippen LogP contribution in [0, 0.1) is 6.92 Å². The minimum absolute atomic E-state index is 0.103. The predicted molar refractivity (Wildman–Crippen MR) is 59.4 cm³/mol. The zero-order valence-corrected chi connectivity index (χ0v) is 8.80. The number of fused-ring (bicyclic) bond motifs is 1. The molecule has 1 N–H and O–H groups in total. The molecule has 3 aromatic heterocycles. The highest BCUT2D eigenvalue weighted by Crippen LogP contribution is 2.09. The summed E-state index contributed by atoms with van der Waals surface area (Å²) in [7, 11) is 0. The molecule has 3 heterocycles. The molecule has 7 heteroatoms. The summed E-state index contributed by atoms with van der Waals surface area (Å²) in [5, 5.41) is 13.1. The Balaban J connectivity index is 2.44. The molecule has 0 aliphatic rings. The van der Waals surface area contributed by atoms with Gasteiger partial charge in [0, 0.05) is 12.4 Å². The monoisotopic (exact) mass is 230 g/mol. The predicted octanol–water partition coefficient (Wildman–Crippen LogP) is 0.183. The number of hydrogen-bond donors (Lipinski definition) is 1. The van der Waals surface area contributed by atoms with Crippen LogP contribution in [0.15, 0.2) is 29.3 Å². The van der Waals surface area contributed by atoms with Crippen LogP contribution in [0.2, 0.25) is 0 Å². The molecule has 0 atom stereocenters. The first-order valence-electron chi connectivity index (χ1n) is 5.82. The largest absolute Gasteiger partial charge is 0.269 e. The molecule has 0 spiro atoms. The topological polar surface area (TPSA) is 88.8 Å². The van der Waals surface area contributed by atoms with Crippen LogP contribution < -0.4 is 5.56 Å². The average Bonchev–Trinajstić information content (AvgIpc) is 2.89. The normalized spacial score (nSPS) is 12.5. The van der Waals surface area contributed by atoms with Crippen molar-refractivity contribution in [2.75, 3.05) is 0 Å². The van der Waals surface area contributed by atoms with Crippen LogP contribution in [0.1, 0.15) is 8.30 Å². The van der Waals surface area contributed by atoms with Crippen LogP contribution in [0.4, 0.5) is 0 Å². The fourth-order valence-corrected chi connectivity index (χ4v) is 1.54. The maximum Gasteiger partial charge on any atom is 0.269 e. The third kappa shape index (κ3) is 1.40. The molecule has 0 bridgehead atoms. The van der Waals surface area contributed by atoms with Gasteiger partial charge in [-0.3, -0.25) is 9.20 Å². The van der Waals surface area contributed by atoms with E-state index in [0.717, 1.165) is 4.40 Å². The van der Waals surface area contributed by atoms with Crippen LogP contribution in [0.5, 0.6) is 0 Å². The lowest BCUT2D eigenvalue weighted by Crippen LogP contribution is -2.17. The van der Waals surface area contributed by atoms with Gasteiger partial charge in [0.1, 0.15) is 11.2 Å². The number of aromatic amines is 1. The Hall–Kier alpha value is -2.57. The van der Waals surface area contributed by atoms with E-state index in [1.807, 2.05) is 0 Å². The van der Waals surface area contributed by atoms with Crippen LogP contribution in [0.3, 0.4) is 0 Å². The van der Waals surface area contributed by atoms with Crippen LogP contribution in [-0.4, -0.2) is 30.0 Å². The second-order valence-corrected chi connectivity index (χ2v) is 3.41. The molecule has 3 rings (SSSR count). The molecular weight excluding hydrogens is 220 g/mol. The Labute approximate surface area is 97.9 Å². The fourth-order valence-electron chi connectivity index (χ4n) is 1.54. The summed E-state index contributed by atoms with van der Waals surface area (Å²) in [6.45, 7) is 1.68. The second-order valence-electron chi connectivity index (χ2n) is 3.41. The number of aryl methyl sites for hydroxylation is 1. The smallest absolute Gasteiger partial charge is 0.268 e. The van der Waals surface area contributed by atoms with E-state index in [4.69, 9.17) is 2.74 Å². The molecular formula is C10H8N6O. The van der Waals surface area contributed by atoms with Crippen LogP contribution in [0.25, 0.3) is 17.0 Å². The molecule has 0 unspecified atom stereocenters. The molecule has 0 aromatic carbocycles. The summed E-state index contributed by atoms with van der Waals surface area (Å²) in [4.78, 5) is 16.5. The van der Waals surface area contributed by atoms with E-state index in [0.29, 0.717) is 5.56 Å². The maximum atomic E-state index is 12.3. The highest BCUT2D eigenvalue weighted by molar-refractivity contribution is 5.55. The van der Waals surface area contributed by atoms with E-state index in [-0.39, 0.29) is 29.3 Å². The number of aromatic nitrogens is 6. The molecule has 0 aliphatic heterocycles. The van der Waals surface area contributed by atoms with Gasteiger partial charge >= 0.3 is 0 Å². The van der Waals surface area contributed by atoms with Crippen molar-refractivity contribution in [3.63, 3.8) is 0 Å². The molecule has 0 radical (unpaired) electrons. The summed E-state index contributed by atoms with van der Waals surface area (Å²) in [6.07, 6.45) is 1.22. The van der Waals surface area contributed by atoms with Gasteiger partial charge in [0.05, 0.1) is 2.74 Å².